The van der Waals surface area contributed by atoms with E-state index in [9.17, 15) is 14.4 Å². The van der Waals surface area contributed by atoms with Gasteiger partial charge in [0, 0.05) is 0 Å². The van der Waals surface area contributed by atoms with Crippen molar-refractivity contribution in [1.29, 1.82) is 0 Å². The fraction of sp³-hybridized carbons (Fsp3) is 0.250. The molecule has 1 saturated heterocycles. The molecule has 2 aliphatic rings. The van der Waals surface area contributed by atoms with Crippen molar-refractivity contribution in [3.8, 4) is 5.75 Å². The van der Waals surface area contributed by atoms with Gasteiger partial charge in [0.25, 0.3) is 0 Å². The predicted octanol–water partition coefficient (Wildman–Crippen LogP) is 3.67. The third-order valence-corrected chi connectivity index (χ3v) is 5.75. The van der Waals surface area contributed by atoms with Crippen LogP contribution < -0.4 is 9.64 Å². The zero-order chi connectivity index (χ0) is 18.3. The third-order valence-electron chi connectivity index (χ3n) is 4.90. The first-order valence-electron chi connectivity index (χ1n) is 8.46. The first-order chi connectivity index (χ1) is 12.6. The van der Waals surface area contributed by atoms with Gasteiger partial charge in [0.05, 0.1) is 17.5 Å². The number of anilines is 1. The SMILES string of the molecule is C[C@@H]1C=CC[C@@H]2C(=O)N(c3ccc(OC(=O)c4cccs4)cc3)C(=O)[C@H]12. The molecule has 2 heterocycles. The molecule has 0 spiro atoms. The van der Waals surface area contributed by atoms with E-state index in [4.69, 9.17) is 4.74 Å². The van der Waals surface area contributed by atoms with E-state index in [1.54, 1.807) is 41.8 Å². The topological polar surface area (TPSA) is 63.7 Å². The number of carbonyl (C=O) groups is 3. The van der Waals surface area contributed by atoms with Crippen molar-refractivity contribution >= 4 is 34.8 Å². The molecular formula is C20H17NO4S. The van der Waals surface area contributed by atoms with Gasteiger partial charge < -0.3 is 4.74 Å². The van der Waals surface area contributed by atoms with Crippen LogP contribution in [0.4, 0.5) is 5.69 Å². The summed E-state index contributed by atoms with van der Waals surface area (Å²) in [7, 11) is 0. The Morgan fingerprint density at radius 1 is 1.15 bits per heavy atom. The van der Waals surface area contributed by atoms with Crippen molar-refractivity contribution < 1.29 is 19.1 Å². The van der Waals surface area contributed by atoms with Gasteiger partial charge in [-0.1, -0.05) is 25.1 Å². The maximum Gasteiger partial charge on any atom is 0.353 e. The Labute approximate surface area is 154 Å². The van der Waals surface area contributed by atoms with Gasteiger partial charge in [-0.2, -0.15) is 0 Å². The number of thiophene rings is 1. The first kappa shape index (κ1) is 16.7. The molecule has 0 bridgehead atoms. The molecule has 0 radical (unpaired) electrons. The predicted molar refractivity (Wildman–Crippen MR) is 98.1 cm³/mol. The summed E-state index contributed by atoms with van der Waals surface area (Å²) in [5.41, 5.74) is 0.512. The Kier molecular flexibility index (Phi) is 4.20. The standard InChI is InChI=1S/C20H17NO4S/c1-12-4-2-5-15-17(12)19(23)21(18(15)22)13-7-9-14(10-8-13)25-20(24)16-6-3-11-26-16/h2-4,6-12,15,17H,5H2,1H3/t12-,15+,17-/m1/s1. The van der Waals surface area contributed by atoms with Crippen LogP contribution in [0, 0.1) is 17.8 Å². The minimum absolute atomic E-state index is 0.0567. The first-order valence-corrected chi connectivity index (χ1v) is 9.34. The largest absolute Gasteiger partial charge is 0.422 e. The number of carbonyl (C=O) groups excluding carboxylic acids is 3. The molecule has 1 aromatic carbocycles. The van der Waals surface area contributed by atoms with Crippen molar-refractivity contribution in [3.05, 3.63) is 58.8 Å². The number of ether oxygens (including phenoxy) is 1. The quantitative estimate of drug-likeness (QED) is 0.359. The number of amides is 2. The molecule has 1 aliphatic heterocycles. The molecule has 0 N–H and O–H groups in total. The highest BCUT2D eigenvalue weighted by Crippen LogP contribution is 2.40. The number of fused-ring (bicyclic) bond motifs is 1. The number of hydrogen-bond acceptors (Lipinski definition) is 5. The normalized spacial score (nSPS) is 24.7. The smallest absolute Gasteiger partial charge is 0.353 e. The van der Waals surface area contributed by atoms with E-state index < -0.39 is 5.97 Å². The monoisotopic (exact) mass is 367 g/mol. The van der Waals surface area contributed by atoms with Crippen LogP contribution in [-0.2, 0) is 9.59 Å². The third kappa shape index (κ3) is 2.76. The summed E-state index contributed by atoms with van der Waals surface area (Å²) in [5, 5.41) is 1.81. The fourth-order valence-electron chi connectivity index (χ4n) is 3.62. The number of rotatable bonds is 3. The Balaban J connectivity index is 1.53. The van der Waals surface area contributed by atoms with Gasteiger partial charge in [0.2, 0.25) is 11.8 Å². The summed E-state index contributed by atoms with van der Waals surface area (Å²) >= 11 is 1.31. The molecule has 0 unspecified atom stereocenters. The van der Waals surface area contributed by atoms with E-state index in [-0.39, 0.29) is 29.6 Å². The van der Waals surface area contributed by atoms with Crippen LogP contribution in [0.25, 0.3) is 0 Å². The van der Waals surface area contributed by atoms with Crippen LogP contribution in [0.3, 0.4) is 0 Å². The fourth-order valence-corrected chi connectivity index (χ4v) is 4.22. The molecule has 26 heavy (non-hydrogen) atoms. The molecule has 0 saturated carbocycles. The van der Waals surface area contributed by atoms with Crippen LogP contribution in [0.2, 0.25) is 0 Å². The number of esters is 1. The number of imide groups is 1. The lowest BCUT2D eigenvalue weighted by atomic mass is 9.78. The minimum Gasteiger partial charge on any atom is -0.422 e. The molecule has 2 aromatic rings. The minimum atomic E-state index is -0.424. The van der Waals surface area contributed by atoms with Crippen molar-refractivity contribution in [3.63, 3.8) is 0 Å². The second-order valence-corrected chi connectivity index (χ2v) is 7.48. The lowest BCUT2D eigenvalue weighted by molar-refractivity contribution is -0.122. The number of allylic oxidation sites excluding steroid dienone is 2. The molecule has 1 fully saturated rings. The molecule has 2 amide bonds. The molecule has 5 nitrogen and oxygen atoms in total. The summed E-state index contributed by atoms with van der Waals surface area (Å²) in [4.78, 5) is 39.2. The Bertz CT molecular complexity index is 885. The van der Waals surface area contributed by atoms with Gasteiger partial charge in [-0.25, -0.2) is 4.79 Å². The molecule has 4 rings (SSSR count). The van der Waals surface area contributed by atoms with E-state index in [0.29, 0.717) is 22.7 Å². The van der Waals surface area contributed by atoms with Gasteiger partial charge in [0.15, 0.2) is 0 Å². The summed E-state index contributed by atoms with van der Waals surface area (Å²) in [6, 6.07) is 9.96. The van der Waals surface area contributed by atoms with Crippen molar-refractivity contribution in [2.24, 2.45) is 17.8 Å². The molecule has 1 aliphatic carbocycles. The van der Waals surface area contributed by atoms with E-state index in [1.807, 2.05) is 19.1 Å². The maximum atomic E-state index is 12.8. The van der Waals surface area contributed by atoms with Gasteiger partial charge in [0.1, 0.15) is 10.6 Å². The van der Waals surface area contributed by atoms with E-state index in [1.165, 1.54) is 16.2 Å². The van der Waals surface area contributed by atoms with Gasteiger partial charge in [-0.15, -0.1) is 11.3 Å². The van der Waals surface area contributed by atoms with Crippen molar-refractivity contribution in [1.82, 2.24) is 0 Å². The van der Waals surface area contributed by atoms with E-state index >= 15 is 0 Å². The second kappa shape index (κ2) is 6.53. The lowest BCUT2D eigenvalue weighted by Gasteiger charge is -2.22. The molecule has 6 heteroatoms. The maximum absolute atomic E-state index is 12.8. The Morgan fingerprint density at radius 3 is 2.58 bits per heavy atom. The highest BCUT2D eigenvalue weighted by Gasteiger charge is 2.50. The van der Waals surface area contributed by atoms with Crippen molar-refractivity contribution in [2.45, 2.75) is 13.3 Å². The summed E-state index contributed by atoms with van der Waals surface area (Å²) < 4.78 is 5.31. The zero-order valence-electron chi connectivity index (χ0n) is 14.1. The Hall–Kier alpha value is -2.73. The molecule has 1 aromatic heterocycles. The number of nitrogens with zero attached hydrogens (tertiary/aromatic N) is 1. The van der Waals surface area contributed by atoms with Crippen LogP contribution in [0.1, 0.15) is 23.0 Å². The number of benzene rings is 1. The molecule has 3 atom stereocenters. The van der Waals surface area contributed by atoms with Gasteiger partial charge in [-0.3, -0.25) is 14.5 Å². The van der Waals surface area contributed by atoms with Crippen LogP contribution in [-0.4, -0.2) is 17.8 Å². The van der Waals surface area contributed by atoms with Crippen LogP contribution in [0.15, 0.2) is 53.9 Å². The van der Waals surface area contributed by atoms with Crippen molar-refractivity contribution in [2.75, 3.05) is 4.90 Å². The average Bonchev–Trinajstić information content (AvgIpc) is 3.25. The van der Waals surface area contributed by atoms with E-state index in [2.05, 4.69) is 0 Å². The summed E-state index contributed by atoms with van der Waals surface area (Å²) in [6.07, 6.45) is 4.59. The number of hydrogen-bond donors (Lipinski definition) is 0. The zero-order valence-corrected chi connectivity index (χ0v) is 14.9. The summed E-state index contributed by atoms with van der Waals surface area (Å²) in [5.74, 6) is -0.866. The van der Waals surface area contributed by atoms with Crippen LogP contribution >= 0.6 is 11.3 Å². The van der Waals surface area contributed by atoms with Gasteiger partial charge in [-0.05, 0) is 48.1 Å². The lowest BCUT2D eigenvalue weighted by Crippen LogP contribution is -2.31. The van der Waals surface area contributed by atoms with E-state index in [0.717, 1.165) is 0 Å². The van der Waals surface area contributed by atoms with Crippen LogP contribution in [0.5, 0.6) is 5.75 Å². The second-order valence-electron chi connectivity index (χ2n) is 6.53. The molecule has 132 valence electrons. The summed E-state index contributed by atoms with van der Waals surface area (Å²) in [6.45, 7) is 1.97. The highest BCUT2D eigenvalue weighted by molar-refractivity contribution is 7.12. The Morgan fingerprint density at radius 2 is 1.92 bits per heavy atom. The highest BCUT2D eigenvalue weighted by atomic mass is 32.1. The average molecular weight is 367 g/mol. The molecular weight excluding hydrogens is 350 g/mol. The van der Waals surface area contributed by atoms with Gasteiger partial charge >= 0.3 is 5.97 Å².